The van der Waals surface area contributed by atoms with Gasteiger partial charge in [-0.25, -0.2) is 13.4 Å². The molecule has 2 aromatic carbocycles. The van der Waals surface area contributed by atoms with Crippen molar-refractivity contribution in [2.45, 2.75) is 50.5 Å². The van der Waals surface area contributed by atoms with Gasteiger partial charge in [0.05, 0.1) is 40.4 Å². The first-order valence-corrected chi connectivity index (χ1v) is 19.6. The molecule has 4 aromatic rings. The van der Waals surface area contributed by atoms with Gasteiger partial charge >= 0.3 is 0 Å². The molecule has 15 heteroatoms. The monoisotopic (exact) mass is 750 g/mol. The van der Waals surface area contributed by atoms with Crippen LogP contribution in [0.15, 0.2) is 47.3 Å². The molecule has 0 unspecified atom stereocenters. The summed E-state index contributed by atoms with van der Waals surface area (Å²) < 4.78 is 33.8. The molecule has 1 saturated carbocycles. The third-order valence-electron chi connectivity index (χ3n) is 9.79. The van der Waals surface area contributed by atoms with Gasteiger partial charge in [0.25, 0.3) is 0 Å². The summed E-state index contributed by atoms with van der Waals surface area (Å²) >= 11 is 3.56. The minimum absolute atomic E-state index is 0.281. The van der Waals surface area contributed by atoms with Crippen LogP contribution in [0.25, 0.3) is 11.0 Å². The number of halogens is 1. The van der Waals surface area contributed by atoms with Gasteiger partial charge in [0.1, 0.15) is 17.1 Å². The van der Waals surface area contributed by atoms with Crippen molar-refractivity contribution in [1.29, 1.82) is 0 Å². The van der Waals surface area contributed by atoms with Crippen molar-refractivity contribution in [3.63, 3.8) is 0 Å². The molecular formula is C34H43BrN10O3S. The number of nitrogens with one attached hydrogen (secondary N) is 4. The molecule has 3 aliphatic rings. The molecule has 0 atom stereocenters. The Hall–Kier alpha value is -3.79. The summed E-state index contributed by atoms with van der Waals surface area (Å²) in [5.74, 6) is 2.03. The topological polar surface area (TPSA) is 150 Å². The summed E-state index contributed by atoms with van der Waals surface area (Å²) in [6.07, 6.45) is 13.0. The molecule has 49 heavy (non-hydrogen) atoms. The number of sulfonamides is 1. The second-order valence-electron chi connectivity index (χ2n) is 13.0. The van der Waals surface area contributed by atoms with E-state index in [9.17, 15) is 8.42 Å². The van der Waals surface area contributed by atoms with E-state index in [2.05, 4.69) is 73.5 Å². The molecule has 3 fully saturated rings. The first-order valence-electron chi connectivity index (χ1n) is 17.0. The van der Waals surface area contributed by atoms with E-state index < -0.39 is 10.0 Å². The molecule has 260 valence electrons. The lowest BCUT2D eigenvalue weighted by atomic mass is 9.92. The summed E-state index contributed by atoms with van der Waals surface area (Å²) in [6.45, 7) is 6.50. The highest BCUT2D eigenvalue weighted by molar-refractivity contribution is 9.10. The number of hydrogen-bond acceptors (Lipinski definition) is 12. The molecule has 13 nitrogen and oxygen atoms in total. The number of piperazine rings is 1. The Labute approximate surface area is 295 Å². The Bertz CT molecular complexity index is 1910. The van der Waals surface area contributed by atoms with Crippen molar-refractivity contribution in [3.05, 3.63) is 52.9 Å². The highest BCUT2D eigenvalue weighted by Gasteiger charge is 2.30. The van der Waals surface area contributed by atoms with Crippen LogP contribution in [0.3, 0.4) is 0 Å². The van der Waals surface area contributed by atoms with Gasteiger partial charge in [-0.1, -0.05) is 12.8 Å². The fraction of sp³-hybridized carbons (Fsp3) is 0.471. The SMILES string of the molecule is COc1cc(N2CCC(N3CCNCC3)CC2)c(C2CCCC2)cc1Nc1ncc(Br)c(Nc2ccc3nccnc3c2NS(C)(=O)=O)n1. The zero-order chi connectivity index (χ0) is 34.0. The number of ether oxygens (including phenoxy) is 1. The van der Waals surface area contributed by atoms with Crippen LogP contribution in [0.2, 0.25) is 0 Å². The summed E-state index contributed by atoms with van der Waals surface area (Å²) in [4.78, 5) is 23.3. The summed E-state index contributed by atoms with van der Waals surface area (Å²) in [5.41, 5.74) is 5.15. The molecule has 0 radical (unpaired) electrons. The molecule has 1 aliphatic carbocycles. The van der Waals surface area contributed by atoms with Crippen molar-refractivity contribution < 1.29 is 13.2 Å². The minimum Gasteiger partial charge on any atom is -0.494 e. The molecule has 2 saturated heterocycles. The third kappa shape index (κ3) is 7.69. The number of piperidine rings is 1. The van der Waals surface area contributed by atoms with Gasteiger partial charge in [0.2, 0.25) is 16.0 Å². The van der Waals surface area contributed by atoms with E-state index in [-0.39, 0.29) is 5.69 Å². The second kappa shape index (κ2) is 14.6. The van der Waals surface area contributed by atoms with Crippen molar-refractivity contribution >= 4 is 71.5 Å². The molecule has 4 N–H and O–H groups in total. The van der Waals surface area contributed by atoms with E-state index >= 15 is 0 Å². The highest BCUT2D eigenvalue weighted by atomic mass is 79.9. The fourth-order valence-corrected chi connectivity index (χ4v) is 8.27. The van der Waals surface area contributed by atoms with Crippen molar-refractivity contribution in [2.75, 3.05) is 72.9 Å². The van der Waals surface area contributed by atoms with Crippen LogP contribution >= 0.6 is 15.9 Å². The van der Waals surface area contributed by atoms with Gasteiger partial charge in [-0.05, 0) is 71.3 Å². The summed E-state index contributed by atoms with van der Waals surface area (Å²) in [7, 11) is -1.92. The van der Waals surface area contributed by atoms with Crippen LogP contribution < -0.4 is 30.3 Å². The van der Waals surface area contributed by atoms with Gasteiger partial charge in [-0.3, -0.25) is 19.6 Å². The average molecular weight is 752 g/mol. The van der Waals surface area contributed by atoms with E-state index in [1.165, 1.54) is 56.0 Å². The van der Waals surface area contributed by atoms with Gasteiger partial charge in [0.15, 0.2) is 0 Å². The van der Waals surface area contributed by atoms with E-state index in [1.807, 2.05) is 0 Å². The standard InChI is InChI=1S/C34H43BrN10O3S/c1-48-30-20-29(45-15-9-23(10-16-45)44-17-13-36-14-18-44)24(22-5-3-4-6-22)19-28(30)41-34-39-21-25(35)33(42-34)40-27-8-7-26-31(38-12-11-37-26)32(27)43-49(2,46)47/h7-8,11-12,19-23,36,43H,3-6,9-10,13-18H2,1-2H3,(H2,39,40,41,42). The van der Waals surface area contributed by atoms with Gasteiger partial charge in [-0.15, -0.1) is 0 Å². The zero-order valence-corrected chi connectivity index (χ0v) is 30.3. The lowest BCUT2D eigenvalue weighted by Crippen LogP contribution is -2.52. The number of benzene rings is 2. The maximum Gasteiger partial charge on any atom is 0.229 e. The largest absolute Gasteiger partial charge is 0.494 e. The molecule has 7 rings (SSSR count). The van der Waals surface area contributed by atoms with Crippen molar-refractivity contribution in [2.24, 2.45) is 0 Å². The maximum atomic E-state index is 12.3. The summed E-state index contributed by atoms with van der Waals surface area (Å²) in [5, 5.41) is 10.2. The normalized spacial score (nSPS) is 18.1. The molecule has 4 heterocycles. The summed E-state index contributed by atoms with van der Waals surface area (Å²) in [6, 6.07) is 8.60. The third-order valence-corrected chi connectivity index (χ3v) is 10.9. The van der Waals surface area contributed by atoms with E-state index in [0.717, 1.165) is 57.0 Å². The van der Waals surface area contributed by atoms with Gasteiger partial charge in [-0.2, -0.15) is 4.98 Å². The van der Waals surface area contributed by atoms with E-state index in [1.54, 1.807) is 31.6 Å². The number of hydrogen-bond donors (Lipinski definition) is 4. The Kier molecular flexibility index (Phi) is 10.0. The fourth-order valence-electron chi connectivity index (χ4n) is 7.40. The molecule has 2 aromatic heterocycles. The average Bonchev–Trinajstić information content (AvgIpc) is 3.66. The number of rotatable bonds is 10. The smallest absolute Gasteiger partial charge is 0.229 e. The Morgan fingerprint density at radius 1 is 0.939 bits per heavy atom. The first kappa shape index (κ1) is 33.7. The lowest BCUT2D eigenvalue weighted by molar-refractivity contribution is 0.150. The number of aromatic nitrogens is 4. The highest BCUT2D eigenvalue weighted by Crippen LogP contribution is 2.45. The Morgan fingerprint density at radius 2 is 1.69 bits per heavy atom. The van der Waals surface area contributed by atoms with E-state index in [0.29, 0.717) is 44.9 Å². The van der Waals surface area contributed by atoms with Crippen LogP contribution in [-0.2, 0) is 10.0 Å². The van der Waals surface area contributed by atoms with Crippen LogP contribution in [-0.4, -0.2) is 91.9 Å². The maximum absolute atomic E-state index is 12.3. The van der Waals surface area contributed by atoms with Gasteiger partial charge in [0, 0.05) is 75.7 Å². The van der Waals surface area contributed by atoms with Crippen LogP contribution in [0.4, 0.5) is 34.5 Å². The second-order valence-corrected chi connectivity index (χ2v) is 15.6. The number of fused-ring (bicyclic) bond motifs is 1. The molecule has 2 aliphatic heterocycles. The van der Waals surface area contributed by atoms with Crippen LogP contribution in [0.1, 0.15) is 50.0 Å². The predicted octanol–water partition coefficient (Wildman–Crippen LogP) is 5.58. The Morgan fingerprint density at radius 3 is 2.43 bits per heavy atom. The first-order chi connectivity index (χ1) is 23.8. The zero-order valence-electron chi connectivity index (χ0n) is 27.9. The molecule has 0 spiro atoms. The predicted molar refractivity (Wildman–Crippen MR) is 198 cm³/mol. The molecular weight excluding hydrogens is 708 g/mol. The van der Waals surface area contributed by atoms with Gasteiger partial charge < -0.3 is 25.6 Å². The number of nitrogens with zero attached hydrogens (tertiary/aromatic N) is 6. The van der Waals surface area contributed by atoms with E-state index in [4.69, 9.17) is 9.72 Å². The van der Waals surface area contributed by atoms with Crippen molar-refractivity contribution in [1.82, 2.24) is 30.2 Å². The Balaban J connectivity index is 1.17. The minimum atomic E-state index is -3.62. The number of methoxy groups -OCH3 is 1. The van der Waals surface area contributed by atoms with Crippen molar-refractivity contribution in [3.8, 4) is 5.75 Å². The van der Waals surface area contributed by atoms with Crippen LogP contribution in [0.5, 0.6) is 5.75 Å². The molecule has 0 amide bonds. The molecule has 0 bridgehead atoms. The lowest BCUT2D eigenvalue weighted by Gasteiger charge is -2.42. The van der Waals surface area contributed by atoms with Crippen LogP contribution in [0, 0.1) is 0 Å². The quantitative estimate of drug-likeness (QED) is 0.160. The number of anilines is 6.